The molecule has 0 amide bonds. The van der Waals surface area contributed by atoms with Crippen molar-refractivity contribution in [2.24, 2.45) is 0 Å². The molecule has 0 saturated carbocycles. The lowest BCUT2D eigenvalue weighted by Crippen LogP contribution is -2.04. The normalized spacial score (nSPS) is 12.6. The zero-order chi connectivity index (χ0) is 21.6. The third-order valence-corrected chi connectivity index (χ3v) is 5.16. The number of H-pyrrole nitrogens is 1. The number of hydrogen-bond donors (Lipinski definition) is 1. The van der Waals surface area contributed by atoms with Gasteiger partial charge in [0, 0.05) is 17.4 Å². The van der Waals surface area contributed by atoms with Crippen LogP contribution in [-0.4, -0.2) is 24.6 Å². The summed E-state index contributed by atoms with van der Waals surface area (Å²) in [5.41, 5.74) is -1.05. The van der Waals surface area contributed by atoms with Gasteiger partial charge >= 0.3 is 6.18 Å². The number of nitrogens with one attached hydrogen (secondary N) is 1. The van der Waals surface area contributed by atoms with Gasteiger partial charge in [-0.15, -0.1) is 0 Å². The van der Waals surface area contributed by atoms with Gasteiger partial charge in [0.25, 0.3) is 6.43 Å². The SMILES string of the molecule is CS(=O)(=O)c1ccc(-c2nc(C(F)F)[nH]c2-c2ccc(C(F)(F)F)cc2)cc1F. The van der Waals surface area contributed by atoms with Crippen LogP contribution in [-0.2, 0) is 16.0 Å². The fourth-order valence-corrected chi connectivity index (χ4v) is 3.42. The van der Waals surface area contributed by atoms with Gasteiger partial charge < -0.3 is 4.98 Å². The molecule has 3 aromatic rings. The van der Waals surface area contributed by atoms with E-state index in [1.54, 1.807) is 0 Å². The van der Waals surface area contributed by atoms with Crippen molar-refractivity contribution in [2.75, 3.05) is 6.26 Å². The first-order chi connectivity index (χ1) is 13.4. The highest BCUT2D eigenvalue weighted by atomic mass is 32.2. The van der Waals surface area contributed by atoms with E-state index in [1.165, 1.54) is 6.07 Å². The molecule has 2 aromatic carbocycles. The molecule has 0 fully saturated rings. The zero-order valence-corrected chi connectivity index (χ0v) is 15.4. The molecule has 4 nitrogen and oxygen atoms in total. The summed E-state index contributed by atoms with van der Waals surface area (Å²) < 4.78 is 102. The van der Waals surface area contributed by atoms with Crippen molar-refractivity contribution in [1.29, 1.82) is 0 Å². The van der Waals surface area contributed by atoms with E-state index >= 15 is 0 Å². The highest BCUT2D eigenvalue weighted by Gasteiger charge is 2.30. The van der Waals surface area contributed by atoms with Gasteiger partial charge in [-0.1, -0.05) is 18.2 Å². The van der Waals surface area contributed by atoms with E-state index in [0.29, 0.717) is 0 Å². The molecule has 0 unspecified atom stereocenters. The number of sulfone groups is 1. The van der Waals surface area contributed by atoms with Crippen LogP contribution in [0, 0.1) is 5.82 Å². The molecular weight excluding hydrogens is 422 g/mol. The first-order valence-electron chi connectivity index (χ1n) is 7.93. The summed E-state index contributed by atoms with van der Waals surface area (Å²) in [4.78, 5) is 5.47. The predicted molar refractivity (Wildman–Crippen MR) is 92.5 cm³/mol. The van der Waals surface area contributed by atoms with E-state index in [9.17, 15) is 34.8 Å². The van der Waals surface area contributed by atoms with Crippen LogP contribution in [0.3, 0.4) is 0 Å². The molecule has 0 aliphatic heterocycles. The number of nitrogens with zero attached hydrogens (tertiary/aromatic N) is 1. The number of halogens is 6. The molecule has 0 bridgehead atoms. The summed E-state index contributed by atoms with van der Waals surface area (Å²) >= 11 is 0. The van der Waals surface area contributed by atoms with E-state index in [4.69, 9.17) is 0 Å². The van der Waals surface area contributed by atoms with Crippen LogP contribution in [0.25, 0.3) is 22.5 Å². The number of rotatable bonds is 4. The lowest BCUT2D eigenvalue weighted by molar-refractivity contribution is -0.137. The van der Waals surface area contributed by atoms with E-state index in [-0.39, 0.29) is 22.5 Å². The van der Waals surface area contributed by atoms with Gasteiger partial charge in [-0.2, -0.15) is 13.2 Å². The van der Waals surface area contributed by atoms with Gasteiger partial charge in [-0.05, 0) is 24.3 Å². The van der Waals surface area contributed by atoms with Gasteiger partial charge in [0.05, 0.1) is 17.0 Å². The molecule has 1 aromatic heterocycles. The summed E-state index contributed by atoms with van der Waals surface area (Å²) in [6.07, 6.45) is -6.78. The van der Waals surface area contributed by atoms with Crippen molar-refractivity contribution in [1.82, 2.24) is 9.97 Å². The molecule has 0 atom stereocenters. The molecule has 11 heteroatoms. The molecule has 0 aliphatic carbocycles. The maximum absolute atomic E-state index is 14.2. The second-order valence-electron chi connectivity index (χ2n) is 6.14. The molecule has 0 aliphatic rings. The Morgan fingerprint density at radius 3 is 2.07 bits per heavy atom. The standard InChI is InChI=1S/C18H12F6N2O2S/c1-29(27,28)13-7-4-10(8-12(13)19)15-14(25-17(26-15)16(20)21)9-2-5-11(6-3-9)18(22,23)24/h2-8,16H,1H3,(H,25,26). The second kappa shape index (κ2) is 7.21. The molecule has 1 N–H and O–H groups in total. The van der Waals surface area contributed by atoms with Crippen molar-refractivity contribution in [3.63, 3.8) is 0 Å². The van der Waals surface area contributed by atoms with Crippen LogP contribution in [0.15, 0.2) is 47.4 Å². The molecule has 0 radical (unpaired) electrons. The predicted octanol–water partition coefficient (Wildman–Crippen LogP) is 5.24. The number of benzene rings is 2. The smallest absolute Gasteiger partial charge is 0.337 e. The topological polar surface area (TPSA) is 62.8 Å². The Labute approximate surface area is 161 Å². The molecule has 1 heterocycles. The van der Waals surface area contributed by atoms with Gasteiger partial charge in [-0.25, -0.2) is 26.6 Å². The third-order valence-electron chi connectivity index (χ3n) is 4.03. The highest BCUT2D eigenvalue weighted by Crippen LogP contribution is 2.36. The lowest BCUT2D eigenvalue weighted by atomic mass is 10.0. The lowest BCUT2D eigenvalue weighted by Gasteiger charge is -2.08. The number of alkyl halides is 5. The number of hydrogen-bond acceptors (Lipinski definition) is 3. The van der Waals surface area contributed by atoms with Gasteiger partial charge in [0.1, 0.15) is 10.7 Å². The van der Waals surface area contributed by atoms with Crippen molar-refractivity contribution >= 4 is 9.84 Å². The minimum atomic E-state index is -4.58. The molecule has 29 heavy (non-hydrogen) atoms. The minimum Gasteiger partial charge on any atom is -0.337 e. The Morgan fingerprint density at radius 1 is 1.00 bits per heavy atom. The maximum atomic E-state index is 14.2. The molecule has 0 spiro atoms. The van der Waals surface area contributed by atoms with Crippen LogP contribution in [0.2, 0.25) is 0 Å². The van der Waals surface area contributed by atoms with E-state index < -0.39 is 44.5 Å². The summed E-state index contributed by atoms with van der Waals surface area (Å²) in [5, 5.41) is 0. The minimum absolute atomic E-state index is 0.0204. The van der Waals surface area contributed by atoms with Crippen molar-refractivity contribution in [3.8, 4) is 22.5 Å². The van der Waals surface area contributed by atoms with Gasteiger partial charge in [0.2, 0.25) is 0 Å². The number of aromatic nitrogens is 2. The molecular formula is C18H12F6N2O2S. The fourth-order valence-electron chi connectivity index (χ4n) is 2.69. The second-order valence-corrected chi connectivity index (χ2v) is 8.12. The summed E-state index contributed by atoms with van der Waals surface area (Å²) in [6.45, 7) is 0. The zero-order valence-electron chi connectivity index (χ0n) is 14.6. The summed E-state index contributed by atoms with van der Waals surface area (Å²) in [6, 6.07) is 6.64. The summed E-state index contributed by atoms with van der Waals surface area (Å²) in [5.74, 6) is -1.87. The monoisotopic (exact) mass is 434 g/mol. The number of aromatic amines is 1. The van der Waals surface area contributed by atoms with Crippen LogP contribution in [0.5, 0.6) is 0 Å². The van der Waals surface area contributed by atoms with Crippen molar-refractivity contribution < 1.29 is 34.8 Å². The molecule has 154 valence electrons. The van der Waals surface area contributed by atoms with Gasteiger partial charge in [-0.3, -0.25) is 0 Å². The van der Waals surface area contributed by atoms with Crippen LogP contribution in [0.4, 0.5) is 26.3 Å². The fraction of sp³-hybridized carbons (Fsp3) is 0.167. The number of imidazole rings is 1. The van der Waals surface area contributed by atoms with Crippen LogP contribution < -0.4 is 0 Å². The van der Waals surface area contributed by atoms with Crippen molar-refractivity contribution in [2.45, 2.75) is 17.5 Å². The molecule has 0 saturated heterocycles. The quantitative estimate of drug-likeness (QED) is 0.571. The van der Waals surface area contributed by atoms with E-state index in [0.717, 1.165) is 42.7 Å². The maximum Gasteiger partial charge on any atom is 0.416 e. The van der Waals surface area contributed by atoms with Crippen molar-refractivity contribution in [3.05, 3.63) is 59.7 Å². The van der Waals surface area contributed by atoms with Gasteiger partial charge in [0.15, 0.2) is 15.7 Å². The highest BCUT2D eigenvalue weighted by molar-refractivity contribution is 7.90. The largest absolute Gasteiger partial charge is 0.416 e. The first-order valence-corrected chi connectivity index (χ1v) is 9.82. The third kappa shape index (κ3) is 4.29. The Bertz CT molecular complexity index is 1150. The van der Waals surface area contributed by atoms with E-state index in [2.05, 4.69) is 9.97 Å². The Kier molecular flexibility index (Phi) is 5.20. The molecule has 3 rings (SSSR count). The Morgan fingerprint density at radius 2 is 1.59 bits per heavy atom. The summed E-state index contributed by atoms with van der Waals surface area (Å²) in [7, 11) is -3.85. The van der Waals surface area contributed by atoms with E-state index in [1.807, 2.05) is 0 Å². The average molecular weight is 434 g/mol. The first kappa shape index (κ1) is 20.9. The Balaban J connectivity index is 2.14. The average Bonchev–Trinajstić information content (AvgIpc) is 3.05. The van der Waals surface area contributed by atoms with Crippen LogP contribution in [0.1, 0.15) is 17.8 Å². The van der Waals surface area contributed by atoms with Crippen LogP contribution >= 0.6 is 0 Å². The Hall–Kier alpha value is -2.82.